The molecule has 2 unspecified atom stereocenters. The molecule has 0 saturated heterocycles. The minimum atomic E-state index is -0.154. The second-order valence-electron chi connectivity index (χ2n) is 5.19. The Hall–Kier alpha value is -0.570. The van der Waals surface area contributed by atoms with Crippen LogP contribution in [0.25, 0.3) is 0 Å². The lowest BCUT2D eigenvalue weighted by Crippen LogP contribution is -2.36. The average Bonchev–Trinajstić information content (AvgIpc) is 2.15. The molecule has 2 bridgehead atoms. The van der Waals surface area contributed by atoms with Crippen LogP contribution in [-0.4, -0.2) is 23.8 Å². The van der Waals surface area contributed by atoms with E-state index >= 15 is 0 Å². The third-order valence-electron chi connectivity index (χ3n) is 3.78. The summed E-state index contributed by atoms with van der Waals surface area (Å²) < 4.78 is 5.29. The molecule has 0 amide bonds. The Labute approximate surface area is 90.8 Å². The predicted octanol–water partition coefficient (Wildman–Crippen LogP) is 1.74. The summed E-state index contributed by atoms with van der Waals surface area (Å²) in [5.41, 5.74) is 0. The zero-order chi connectivity index (χ0) is 10.8. The summed E-state index contributed by atoms with van der Waals surface area (Å²) in [6.45, 7) is 1.81. The zero-order valence-electron chi connectivity index (χ0n) is 9.32. The smallest absolute Gasteiger partial charge is 0.302 e. The van der Waals surface area contributed by atoms with Crippen molar-refractivity contribution in [3.63, 3.8) is 0 Å². The van der Waals surface area contributed by atoms with Crippen molar-refractivity contribution in [1.82, 2.24) is 0 Å². The van der Waals surface area contributed by atoms with E-state index in [1.165, 1.54) is 13.3 Å². The van der Waals surface area contributed by atoms with E-state index in [1.54, 1.807) is 0 Å². The molecular formula is C12H20O3. The molecule has 4 atom stereocenters. The number of rotatable bonds is 2. The van der Waals surface area contributed by atoms with Gasteiger partial charge in [0.2, 0.25) is 0 Å². The second-order valence-corrected chi connectivity index (χ2v) is 5.19. The number of aliphatic hydroxyl groups excluding tert-OH is 1. The first kappa shape index (κ1) is 10.9. The zero-order valence-corrected chi connectivity index (χ0v) is 9.32. The van der Waals surface area contributed by atoms with Crippen LogP contribution >= 0.6 is 0 Å². The van der Waals surface area contributed by atoms with Crippen molar-refractivity contribution in [2.75, 3.05) is 6.61 Å². The molecule has 1 N–H and O–H groups in total. The maximum absolute atomic E-state index is 10.9. The Morgan fingerprint density at radius 2 is 1.80 bits per heavy atom. The van der Waals surface area contributed by atoms with Gasteiger partial charge in [0.1, 0.15) is 6.10 Å². The van der Waals surface area contributed by atoms with E-state index in [-0.39, 0.29) is 12.1 Å². The van der Waals surface area contributed by atoms with E-state index in [2.05, 4.69) is 0 Å². The van der Waals surface area contributed by atoms with Crippen molar-refractivity contribution in [3.8, 4) is 0 Å². The highest BCUT2D eigenvalue weighted by atomic mass is 16.5. The Kier molecular flexibility index (Phi) is 3.29. The van der Waals surface area contributed by atoms with Gasteiger partial charge in [-0.2, -0.15) is 0 Å². The van der Waals surface area contributed by atoms with Gasteiger partial charge in [-0.15, -0.1) is 0 Å². The highest BCUT2D eigenvalue weighted by Gasteiger charge is 2.36. The normalized spacial score (nSPS) is 39.9. The van der Waals surface area contributed by atoms with Gasteiger partial charge in [-0.25, -0.2) is 0 Å². The Morgan fingerprint density at radius 3 is 2.27 bits per heavy atom. The fourth-order valence-electron chi connectivity index (χ4n) is 3.41. The number of aliphatic hydroxyl groups is 1. The van der Waals surface area contributed by atoms with Crippen molar-refractivity contribution in [2.24, 2.45) is 17.8 Å². The number of carbonyl (C=O) groups excluding carboxylic acids is 1. The largest absolute Gasteiger partial charge is 0.463 e. The second kappa shape index (κ2) is 4.52. The molecule has 3 heteroatoms. The molecule has 0 aromatic rings. The number of ether oxygens (including phenoxy) is 1. The Bertz CT molecular complexity index is 225. The SMILES string of the molecule is CC(=O)OC1C[C@H]2CC(CO)C[C@@H](C1)C2. The summed E-state index contributed by atoms with van der Waals surface area (Å²) >= 11 is 0. The van der Waals surface area contributed by atoms with Crippen LogP contribution < -0.4 is 0 Å². The molecule has 2 saturated carbocycles. The van der Waals surface area contributed by atoms with E-state index in [0.717, 1.165) is 25.7 Å². The minimum absolute atomic E-state index is 0.144. The van der Waals surface area contributed by atoms with E-state index in [0.29, 0.717) is 24.4 Å². The highest BCUT2D eigenvalue weighted by molar-refractivity contribution is 5.66. The van der Waals surface area contributed by atoms with Gasteiger partial charge < -0.3 is 9.84 Å². The summed E-state index contributed by atoms with van der Waals surface area (Å²) in [7, 11) is 0. The molecular weight excluding hydrogens is 192 g/mol. The lowest BCUT2D eigenvalue weighted by Gasteiger charge is -2.41. The first-order valence-corrected chi connectivity index (χ1v) is 5.95. The lowest BCUT2D eigenvalue weighted by molar-refractivity contribution is -0.150. The molecule has 0 aromatic carbocycles. The summed E-state index contributed by atoms with van der Waals surface area (Å²) in [6, 6.07) is 0. The van der Waals surface area contributed by atoms with Gasteiger partial charge in [0, 0.05) is 13.5 Å². The van der Waals surface area contributed by atoms with Crippen LogP contribution in [0.4, 0.5) is 0 Å². The van der Waals surface area contributed by atoms with Gasteiger partial charge in [-0.05, 0) is 49.9 Å². The van der Waals surface area contributed by atoms with Crippen LogP contribution in [0.3, 0.4) is 0 Å². The first-order valence-electron chi connectivity index (χ1n) is 5.95. The van der Waals surface area contributed by atoms with Gasteiger partial charge in [0.05, 0.1) is 0 Å². The number of esters is 1. The molecule has 3 nitrogen and oxygen atoms in total. The van der Waals surface area contributed by atoms with Crippen molar-refractivity contribution in [2.45, 2.75) is 45.1 Å². The van der Waals surface area contributed by atoms with Gasteiger partial charge in [-0.1, -0.05) is 0 Å². The van der Waals surface area contributed by atoms with Crippen LogP contribution in [0.5, 0.6) is 0 Å². The van der Waals surface area contributed by atoms with E-state index < -0.39 is 0 Å². The van der Waals surface area contributed by atoms with Crippen molar-refractivity contribution < 1.29 is 14.6 Å². The van der Waals surface area contributed by atoms with Gasteiger partial charge in [0.15, 0.2) is 0 Å². The Balaban J connectivity index is 1.90. The summed E-state index contributed by atoms with van der Waals surface area (Å²) in [5.74, 6) is 1.67. The minimum Gasteiger partial charge on any atom is -0.463 e. The molecule has 0 aromatic heterocycles. The fraction of sp³-hybridized carbons (Fsp3) is 0.917. The molecule has 86 valence electrons. The van der Waals surface area contributed by atoms with Gasteiger partial charge in [0.25, 0.3) is 0 Å². The molecule has 2 fully saturated rings. The third kappa shape index (κ3) is 2.71. The highest BCUT2D eigenvalue weighted by Crippen LogP contribution is 2.43. The topological polar surface area (TPSA) is 46.5 Å². The molecule has 2 rings (SSSR count). The van der Waals surface area contributed by atoms with E-state index in [4.69, 9.17) is 4.74 Å². The molecule has 0 aliphatic heterocycles. The van der Waals surface area contributed by atoms with Crippen molar-refractivity contribution in [1.29, 1.82) is 0 Å². The molecule has 0 radical (unpaired) electrons. The van der Waals surface area contributed by atoms with Gasteiger partial charge in [-0.3, -0.25) is 4.79 Å². The van der Waals surface area contributed by atoms with Gasteiger partial charge >= 0.3 is 5.97 Å². The van der Waals surface area contributed by atoms with E-state index in [1.807, 2.05) is 0 Å². The number of hydrogen-bond acceptors (Lipinski definition) is 3. The first-order chi connectivity index (χ1) is 7.17. The quantitative estimate of drug-likeness (QED) is 0.709. The molecule has 0 heterocycles. The molecule has 15 heavy (non-hydrogen) atoms. The van der Waals surface area contributed by atoms with Crippen LogP contribution in [0.2, 0.25) is 0 Å². The number of hydrogen-bond donors (Lipinski definition) is 1. The predicted molar refractivity (Wildman–Crippen MR) is 56.2 cm³/mol. The monoisotopic (exact) mass is 212 g/mol. The number of carbonyl (C=O) groups is 1. The van der Waals surface area contributed by atoms with Crippen molar-refractivity contribution in [3.05, 3.63) is 0 Å². The van der Waals surface area contributed by atoms with Crippen LogP contribution in [-0.2, 0) is 9.53 Å². The fourth-order valence-corrected chi connectivity index (χ4v) is 3.41. The maximum Gasteiger partial charge on any atom is 0.302 e. The third-order valence-corrected chi connectivity index (χ3v) is 3.78. The Morgan fingerprint density at radius 1 is 1.20 bits per heavy atom. The number of fused-ring (bicyclic) bond motifs is 2. The lowest BCUT2D eigenvalue weighted by atomic mass is 9.67. The average molecular weight is 212 g/mol. The maximum atomic E-state index is 10.9. The van der Waals surface area contributed by atoms with Crippen molar-refractivity contribution >= 4 is 5.97 Å². The molecule has 0 spiro atoms. The standard InChI is InChI=1S/C12H20O3/c1-8(14)15-12-5-9-2-10(6-12)4-11(3-9)7-13/h9-13H,2-7H2,1H3/t9-,10+,11?,12?. The molecule has 2 aliphatic carbocycles. The van der Waals surface area contributed by atoms with E-state index in [9.17, 15) is 9.90 Å². The summed E-state index contributed by atoms with van der Waals surface area (Å²) in [5, 5.41) is 9.17. The van der Waals surface area contributed by atoms with Crippen LogP contribution in [0.15, 0.2) is 0 Å². The van der Waals surface area contributed by atoms with Crippen LogP contribution in [0, 0.1) is 17.8 Å². The summed E-state index contributed by atoms with van der Waals surface area (Å²) in [4.78, 5) is 10.9. The van der Waals surface area contributed by atoms with Crippen LogP contribution in [0.1, 0.15) is 39.0 Å². The summed E-state index contributed by atoms with van der Waals surface area (Å²) in [6.07, 6.45) is 5.66. The molecule has 2 aliphatic rings.